The lowest BCUT2D eigenvalue weighted by atomic mass is 10.1. The van der Waals surface area contributed by atoms with Crippen molar-refractivity contribution < 1.29 is 4.79 Å². The predicted octanol–water partition coefficient (Wildman–Crippen LogP) is 2.87. The minimum atomic E-state index is 0.686. The van der Waals surface area contributed by atoms with Crippen LogP contribution in [0.5, 0.6) is 0 Å². The maximum atomic E-state index is 10.5. The summed E-state index contributed by atoms with van der Waals surface area (Å²) >= 11 is 0. The molecule has 0 aliphatic carbocycles. The second-order valence-corrected chi connectivity index (χ2v) is 3.46. The monoisotopic (exact) mass is 197 g/mol. The zero-order valence-corrected chi connectivity index (χ0v) is 8.47. The summed E-state index contributed by atoms with van der Waals surface area (Å²) in [7, 11) is 0. The molecule has 2 heteroatoms. The van der Waals surface area contributed by atoms with Gasteiger partial charge in [0.05, 0.1) is 5.69 Å². The zero-order valence-electron chi connectivity index (χ0n) is 8.47. The van der Waals surface area contributed by atoms with E-state index in [-0.39, 0.29) is 0 Å². The number of nitrogens with zero attached hydrogens (tertiary/aromatic N) is 1. The molecule has 2 nitrogen and oxygen atoms in total. The molecule has 0 aliphatic rings. The number of carbonyl (C=O) groups is 1. The quantitative estimate of drug-likeness (QED) is 0.693. The standard InChI is InChI=1S/C13H11NO/c1-10-2-7-13(14-8-10)12-5-3-11(9-15)4-6-12/h2-9H,1H3. The summed E-state index contributed by atoms with van der Waals surface area (Å²) in [5.74, 6) is 0. The van der Waals surface area contributed by atoms with Crippen LogP contribution < -0.4 is 0 Å². The molecule has 0 unspecified atom stereocenters. The van der Waals surface area contributed by atoms with Crippen molar-refractivity contribution in [3.63, 3.8) is 0 Å². The van der Waals surface area contributed by atoms with Gasteiger partial charge in [-0.2, -0.15) is 0 Å². The van der Waals surface area contributed by atoms with Crippen molar-refractivity contribution in [2.75, 3.05) is 0 Å². The van der Waals surface area contributed by atoms with Crippen LogP contribution in [0.15, 0.2) is 42.6 Å². The van der Waals surface area contributed by atoms with Gasteiger partial charge < -0.3 is 0 Å². The molecule has 15 heavy (non-hydrogen) atoms. The van der Waals surface area contributed by atoms with E-state index in [1.807, 2.05) is 37.4 Å². The van der Waals surface area contributed by atoms with Gasteiger partial charge in [0.15, 0.2) is 0 Å². The molecular formula is C13H11NO. The highest BCUT2D eigenvalue weighted by Crippen LogP contribution is 2.16. The van der Waals surface area contributed by atoms with Gasteiger partial charge in [0, 0.05) is 17.3 Å². The lowest BCUT2D eigenvalue weighted by Gasteiger charge is -2.01. The number of hydrogen-bond donors (Lipinski definition) is 0. The van der Waals surface area contributed by atoms with Gasteiger partial charge in [-0.25, -0.2) is 0 Å². The van der Waals surface area contributed by atoms with E-state index in [1.165, 1.54) is 0 Å². The van der Waals surface area contributed by atoms with Crippen molar-refractivity contribution in [2.24, 2.45) is 0 Å². The van der Waals surface area contributed by atoms with Gasteiger partial charge in [-0.05, 0) is 18.6 Å². The molecule has 0 radical (unpaired) electrons. The summed E-state index contributed by atoms with van der Waals surface area (Å²) in [4.78, 5) is 14.8. The molecule has 0 atom stereocenters. The van der Waals surface area contributed by atoms with Crippen molar-refractivity contribution in [1.82, 2.24) is 4.98 Å². The third kappa shape index (κ3) is 2.10. The van der Waals surface area contributed by atoms with Crippen LogP contribution >= 0.6 is 0 Å². The molecule has 2 rings (SSSR count). The van der Waals surface area contributed by atoms with E-state index in [4.69, 9.17) is 0 Å². The smallest absolute Gasteiger partial charge is 0.150 e. The Bertz CT molecular complexity index is 457. The van der Waals surface area contributed by atoms with Gasteiger partial charge in [-0.15, -0.1) is 0 Å². The van der Waals surface area contributed by atoms with Crippen LogP contribution in [0.2, 0.25) is 0 Å². The minimum Gasteiger partial charge on any atom is -0.298 e. The normalized spacial score (nSPS) is 9.93. The fourth-order valence-electron chi connectivity index (χ4n) is 1.37. The van der Waals surface area contributed by atoms with Crippen LogP contribution in [0.4, 0.5) is 0 Å². The topological polar surface area (TPSA) is 30.0 Å². The third-order valence-electron chi connectivity index (χ3n) is 2.25. The molecule has 0 N–H and O–H groups in total. The minimum absolute atomic E-state index is 0.686. The van der Waals surface area contributed by atoms with E-state index in [9.17, 15) is 4.79 Å². The molecule has 2 aromatic rings. The fourth-order valence-corrected chi connectivity index (χ4v) is 1.37. The lowest BCUT2D eigenvalue weighted by molar-refractivity contribution is 0.112. The van der Waals surface area contributed by atoms with Gasteiger partial charge in [0.25, 0.3) is 0 Å². The third-order valence-corrected chi connectivity index (χ3v) is 2.25. The second-order valence-electron chi connectivity index (χ2n) is 3.46. The predicted molar refractivity (Wildman–Crippen MR) is 59.8 cm³/mol. The number of aryl methyl sites for hydroxylation is 1. The first kappa shape index (κ1) is 9.59. The molecule has 0 aliphatic heterocycles. The van der Waals surface area contributed by atoms with Crippen molar-refractivity contribution in [1.29, 1.82) is 0 Å². The molecule has 0 saturated carbocycles. The summed E-state index contributed by atoms with van der Waals surface area (Å²) in [6.45, 7) is 2.01. The lowest BCUT2D eigenvalue weighted by Crippen LogP contribution is -1.85. The molecule has 1 aromatic heterocycles. The van der Waals surface area contributed by atoms with Gasteiger partial charge in [0.2, 0.25) is 0 Å². The van der Waals surface area contributed by atoms with Crippen molar-refractivity contribution in [3.8, 4) is 11.3 Å². The molecule has 74 valence electrons. The first-order valence-corrected chi connectivity index (χ1v) is 4.78. The van der Waals surface area contributed by atoms with Crippen LogP contribution in [0, 0.1) is 6.92 Å². The van der Waals surface area contributed by atoms with Crippen LogP contribution in [0.1, 0.15) is 15.9 Å². The Morgan fingerprint density at radius 1 is 1.07 bits per heavy atom. The van der Waals surface area contributed by atoms with E-state index in [2.05, 4.69) is 4.98 Å². The molecule has 0 fully saturated rings. The summed E-state index contributed by atoms with van der Waals surface area (Å²) < 4.78 is 0. The van der Waals surface area contributed by atoms with Gasteiger partial charge in [0.1, 0.15) is 6.29 Å². The van der Waals surface area contributed by atoms with E-state index >= 15 is 0 Å². The number of hydrogen-bond acceptors (Lipinski definition) is 2. The Kier molecular flexibility index (Phi) is 2.59. The average Bonchev–Trinajstić information content (AvgIpc) is 2.30. The maximum Gasteiger partial charge on any atom is 0.150 e. The summed E-state index contributed by atoms with van der Waals surface area (Å²) in [6.07, 6.45) is 2.68. The highest BCUT2D eigenvalue weighted by molar-refractivity contribution is 5.76. The Balaban J connectivity index is 2.37. The highest BCUT2D eigenvalue weighted by Gasteiger charge is 1.98. The Morgan fingerprint density at radius 2 is 1.80 bits per heavy atom. The Hall–Kier alpha value is -1.96. The molecule has 0 bridgehead atoms. The number of pyridine rings is 1. The molecular weight excluding hydrogens is 186 g/mol. The Labute approximate surface area is 88.6 Å². The zero-order chi connectivity index (χ0) is 10.7. The van der Waals surface area contributed by atoms with E-state index < -0.39 is 0 Å². The maximum absolute atomic E-state index is 10.5. The largest absolute Gasteiger partial charge is 0.298 e. The molecule has 0 amide bonds. The molecule has 1 heterocycles. The molecule has 0 spiro atoms. The van der Waals surface area contributed by atoms with Crippen LogP contribution in [0.25, 0.3) is 11.3 Å². The Morgan fingerprint density at radius 3 is 2.33 bits per heavy atom. The highest BCUT2D eigenvalue weighted by atomic mass is 16.1. The van der Waals surface area contributed by atoms with E-state index in [1.54, 1.807) is 12.1 Å². The summed E-state index contributed by atoms with van der Waals surface area (Å²) in [5, 5.41) is 0. The first-order valence-electron chi connectivity index (χ1n) is 4.78. The second kappa shape index (κ2) is 4.05. The SMILES string of the molecule is Cc1ccc(-c2ccc(C=O)cc2)nc1. The van der Waals surface area contributed by atoms with Gasteiger partial charge in [-0.1, -0.05) is 30.3 Å². The van der Waals surface area contributed by atoms with Crippen molar-refractivity contribution in [2.45, 2.75) is 6.92 Å². The number of rotatable bonds is 2. The van der Waals surface area contributed by atoms with Crippen molar-refractivity contribution >= 4 is 6.29 Å². The fraction of sp³-hybridized carbons (Fsp3) is 0.0769. The van der Waals surface area contributed by atoms with E-state index in [0.717, 1.165) is 23.1 Å². The summed E-state index contributed by atoms with van der Waals surface area (Å²) in [5.41, 5.74) is 3.78. The van der Waals surface area contributed by atoms with E-state index in [0.29, 0.717) is 5.56 Å². The van der Waals surface area contributed by atoms with Crippen LogP contribution in [-0.2, 0) is 0 Å². The number of aromatic nitrogens is 1. The summed E-state index contributed by atoms with van der Waals surface area (Å²) in [6, 6.07) is 11.4. The van der Waals surface area contributed by atoms with Gasteiger partial charge >= 0.3 is 0 Å². The molecule has 0 saturated heterocycles. The number of benzene rings is 1. The number of aldehydes is 1. The van der Waals surface area contributed by atoms with Gasteiger partial charge in [-0.3, -0.25) is 9.78 Å². The average molecular weight is 197 g/mol. The first-order chi connectivity index (χ1) is 7.29. The van der Waals surface area contributed by atoms with Crippen molar-refractivity contribution in [3.05, 3.63) is 53.7 Å². The van der Waals surface area contributed by atoms with Crippen LogP contribution in [-0.4, -0.2) is 11.3 Å². The molecule has 1 aromatic carbocycles. The number of carbonyl (C=O) groups excluding carboxylic acids is 1. The van der Waals surface area contributed by atoms with Crippen LogP contribution in [0.3, 0.4) is 0 Å².